The number of hydrogen-bond donors (Lipinski definition) is 0. The van der Waals surface area contributed by atoms with E-state index in [2.05, 4.69) is 0 Å². The Balaban J connectivity index is 2.72. The molecule has 2 aromatic rings. The summed E-state index contributed by atoms with van der Waals surface area (Å²) in [7, 11) is 3.58. The lowest BCUT2D eigenvalue weighted by atomic mass is 10.0. The predicted molar refractivity (Wildman–Crippen MR) is 68.6 cm³/mol. The number of benzene rings is 1. The number of Topliss-reactive ketones (excluding diaryl/α,β-unsaturated/α-hetero) is 1. The number of carbonyl (C=O) groups is 1. The zero-order valence-electron chi connectivity index (χ0n) is 10.7. The molecule has 0 saturated carbocycles. The highest BCUT2D eigenvalue weighted by molar-refractivity contribution is 6.10. The molecule has 0 aliphatic heterocycles. The fourth-order valence-corrected chi connectivity index (χ4v) is 2.10. The van der Waals surface area contributed by atoms with Crippen LogP contribution in [0.4, 0.5) is 0 Å². The van der Waals surface area contributed by atoms with E-state index < -0.39 is 0 Å². The minimum atomic E-state index is 0.00630. The van der Waals surface area contributed by atoms with Crippen molar-refractivity contribution in [3.63, 3.8) is 0 Å². The van der Waals surface area contributed by atoms with Gasteiger partial charge in [0, 0.05) is 30.1 Å². The molecule has 0 atom stereocenters. The second-order valence-corrected chi connectivity index (χ2v) is 4.53. The van der Waals surface area contributed by atoms with E-state index in [1.165, 1.54) is 0 Å². The molecule has 0 radical (unpaired) electrons. The summed E-state index contributed by atoms with van der Waals surface area (Å²) < 4.78 is 7.28. The van der Waals surface area contributed by atoms with Crippen molar-refractivity contribution in [2.24, 2.45) is 13.0 Å². The van der Waals surface area contributed by atoms with Gasteiger partial charge in [0.05, 0.1) is 12.6 Å². The lowest BCUT2D eigenvalue weighted by Gasteiger charge is -2.04. The summed E-state index contributed by atoms with van der Waals surface area (Å²) >= 11 is 0. The van der Waals surface area contributed by atoms with Gasteiger partial charge in [-0.3, -0.25) is 4.79 Å². The summed E-state index contributed by atoms with van der Waals surface area (Å²) in [5, 5.41) is 0.963. The number of aryl methyl sites for hydroxylation is 1. The summed E-state index contributed by atoms with van der Waals surface area (Å²) in [6, 6.07) is 5.79. The van der Waals surface area contributed by atoms with Crippen LogP contribution < -0.4 is 4.74 Å². The lowest BCUT2D eigenvalue weighted by Crippen LogP contribution is -2.06. The molecule has 1 heterocycles. The highest BCUT2D eigenvalue weighted by atomic mass is 16.5. The molecule has 1 aromatic carbocycles. The molecule has 3 nitrogen and oxygen atoms in total. The number of fused-ring (bicyclic) bond motifs is 1. The third kappa shape index (κ3) is 1.82. The first-order valence-corrected chi connectivity index (χ1v) is 5.72. The first kappa shape index (κ1) is 11.7. The van der Waals surface area contributed by atoms with Gasteiger partial charge in [0.15, 0.2) is 5.78 Å². The largest absolute Gasteiger partial charge is 0.495 e. The number of rotatable bonds is 3. The molecule has 0 aliphatic rings. The van der Waals surface area contributed by atoms with Gasteiger partial charge in [-0.25, -0.2) is 0 Å². The normalized spacial score (nSPS) is 11.1. The first-order valence-electron chi connectivity index (χ1n) is 5.72. The van der Waals surface area contributed by atoms with E-state index in [-0.39, 0.29) is 11.7 Å². The third-order valence-corrected chi connectivity index (χ3v) is 2.97. The first-order chi connectivity index (χ1) is 8.06. The standard InChI is InChI=1S/C14H17NO2/c1-9(2)14(16)11-8-15(3)13-10(11)6-5-7-12(13)17-4/h5-9H,1-4H3. The molecule has 0 bridgehead atoms. The molecule has 0 amide bonds. The van der Waals surface area contributed by atoms with Crippen LogP contribution in [0.1, 0.15) is 24.2 Å². The van der Waals surface area contributed by atoms with Gasteiger partial charge in [0.2, 0.25) is 0 Å². The highest BCUT2D eigenvalue weighted by Crippen LogP contribution is 2.30. The number of aromatic nitrogens is 1. The van der Waals surface area contributed by atoms with Crippen molar-refractivity contribution < 1.29 is 9.53 Å². The van der Waals surface area contributed by atoms with Gasteiger partial charge in [-0.2, -0.15) is 0 Å². The van der Waals surface area contributed by atoms with Crippen LogP contribution in [0, 0.1) is 5.92 Å². The number of carbonyl (C=O) groups excluding carboxylic acids is 1. The van der Waals surface area contributed by atoms with E-state index in [0.717, 1.165) is 22.2 Å². The van der Waals surface area contributed by atoms with Crippen LogP contribution in [0.25, 0.3) is 10.9 Å². The number of ketones is 1. The molecular formula is C14H17NO2. The van der Waals surface area contributed by atoms with Gasteiger partial charge < -0.3 is 9.30 Å². The summed E-state index contributed by atoms with van der Waals surface area (Å²) in [4.78, 5) is 12.1. The van der Waals surface area contributed by atoms with Gasteiger partial charge in [-0.15, -0.1) is 0 Å². The maximum absolute atomic E-state index is 12.1. The van der Waals surface area contributed by atoms with E-state index in [0.29, 0.717) is 0 Å². The average Bonchev–Trinajstić information content (AvgIpc) is 2.66. The van der Waals surface area contributed by atoms with Gasteiger partial charge in [-0.05, 0) is 6.07 Å². The van der Waals surface area contributed by atoms with Crippen LogP contribution in [0.5, 0.6) is 5.75 Å². The Morgan fingerprint density at radius 1 is 1.35 bits per heavy atom. The Hall–Kier alpha value is -1.77. The molecule has 17 heavy (non-hydrogen) atoms. The monoisotopic (exact) mass is 231 g/mol. The third-order valence-electron chi connectivity index (χ3n) is 2.97. The maximum atomic E-state index is 12.1. The summed E-state index contributed by atoms with van der Waals surface area (Å²) in [5.74, 6) is 0.975. The maximum Gasteiger partial charge on any atom is 0.167 e. The number of ether oxygens (including phenoxy) is 1. The van der Waals surface area contributed by atoms with Crippen molar-refractivity contribution in [2.75, 3.05) is 7.11 Å². The van der Waals surface area contributed by atoms with E-state index >= 15 is 0 Å². The van der Waals surface area contributed by atoms with E-state index in [1.54, 1.807) is 7.11 Å². The van der Waals surface area contributed by atoms with Crippen LogP contribution in [-0.2, 0) is 7.05 Å². The number of nitrogens with zero attached hydrogens (tertiary/aromatic N) is 1. The minimum absolute atomic E-state index is 0.00630. The fraction of sp³-hybridized carbons (Fsp3) is 0.357. The molecule has 0 fully saturated rings. The van der Waals surface area contributed by atoms with E-state index in [4.69, 9.17) is 4.74 Å². The Labute approximate surface area is 101 Å². The van der Waals surface area contributed by atoms with Gasteiger partial charge in [-0.1, -0.05) is 26.0 Å². The molecular weight excluding hydrogens is 214 g/mol. The lowest BCUT2D eigenvalue weighted by molar-refractivity contribution is 0.0941. The minimum Gasteiger partial charge on any atom is -0.495 e. The number of hydrogen-bond acceptors (Lipinski definition) is 2. The van der Waals surface area contributed by atoms with Crippen LogP contribution >= 0.6 is 0 Å². The molecule has 0 aliphatic carbocycles. The van der Waals surface area contributed by atoms with Crippen molar-refractivity contribution in [1.29, 1.82) is 0 Å². The quantitative estimate of drug-likeness (QED) is 0.760. The highest BCUT2D eigenvalue weighted by Gasteiger charge is 2.18. The van der Waals surface area contributed by atoms with Crippen molar-refractivity contribution in [1.82, 2.24) is 4.57 Å². The molecule has 0 spiro atoms. The van der Waals surface area contributed by atoms with E-state index in [1.807, 2.05) is 49.9 Å². The van der Waals surface area contributed by atoms with Crippen LogP contribution in [0.3, 0.4) is 0 Å². The summed E-state index contributed by atoms with van der Waals surface area (Å²) in [5.41, 5.74) is 1.75. The molecule has 3 heteroatoms. The smallest absolute Gasteiger partial charge is 0.167 e. The Kier molecular flexibility index (Phi) is 2.92. The van der Waals surface area contributed by atoms with Crippen molar-refractivity contribution >= 4 is 16.7 Å². The van der Waals surface area contributed by atoms with Crippen molar-refractivity contribution in [3.8, 4) is 5.75 Å². The van der Waals surface area contributed by atoms with Crippen molar-refractivity contribution in [3.05, 3.63) is 30.0 Å². The molecule has 2 rings (SSSR count). The Morgan fingerprint density at radius 3 is 2.65 bits per heavy atom. The van der Waals surface area contributed by atoms with Gasteiger partial charge >= 0.3 is 0 Å². The Morgan fingerprint density at radius 2 is 2.06 bits per heavy atom. The topological polar surface area (TPSA) is 31.2 Å². The predicted octanol–water partition coefficient (Wildman–Crippen LogP) is 3.03. The van der Waals surface area contributed by atoms with Gasteiger partial charge in [0.25, 0.3) is 0 Å². The number of para-hydroxylation sites is 1. The summed E-state index contributed by atoms with van der Waals surface area (Å²) in [6.45, 7) is 3.84. The molecule has 1 aromatic heterocycles. The van der Waals surface area contributed by atoms with E-state index in [9.17, 15) is 4.79 Å². The van der Waals surface area contributed by atoms with Crippen LogP contribution in [0.2, 0.25) is 0 Å². The van der Waals surface area contributed by atoms with Crippen LogP contribution in [0.15, 0.2) is 24.4 Å². The SMILES string of the molecule is COc1cccc2c(C(=O)C(C)C)cn(C)c12. The zero-order chi connectivity index (χ0) is 12.6. The number of methoxy groups -OCH3 is 1. The average molecular weight is 231 g/mol. The van der Waals surface area contributed by atoms with Crippen molar-refractivity contribution in [2.45, 2.75) is 13.8 Å². The zero-order valence-corrected chi connectivity index (χ0v) is 10.7. The summed E-state index contributed by atoms with van der Waals surface area (Å²) in [6.07, 6.45) is 1.88. The molecule has 0 saturated heterocycles. The Bertz CT molecular complexity index is 567. The molecule has 0 N–H and O–H groups in total. The fourth-order valence-electron chi connectivity index (χ4n) is 2.10. The van der Waals surface area contributed by atoms with Gasteiger partial charge in [0.1, 0.15) is 5.75 Å². The molecule has 90 valence electrons. The second-order valence-electron chi connectivity index (χ2n) is 4.53. The molecule has 0 unspecified atom stereocenters. The second kappa shape index (κ2) is 4.24. The van der Waals surface area contributed by atoms with Crippen LogP contribution in [-0.4, -0.2) is 17.5 Å².